The van der Waals surface area contributed by atoms with Gasteiger partial charge in [0.15, 0.2) is 5.65 Å². The fourth-order valence-corrected chi connectivity index (χ4v) is 2.47. The molecule has 8 heteroatoms. The van der Waals surface area contributed by atoms with E-state index in [1.807, 2.05) is 0 Å². The molecule has 2 aromatic heterocycles. The fraction of sp³-hybridized carbons (Fsp3) is 0.278. The maximum absolute atomic E-state index is 12.1. The molecule has 0 aliphatic carbocycles. The number of hydrogen-bond acceptors (Lipinski definition) is 5. The van der Waals surface area contributed by atoms with Gasteiger partial charge in [-0.15, -0.1) is 4.57 Å². The Morgan fingerprint density at radius 1 is 1.35 bits per heavy atom. The van der Waals surface area contributed by atoms with Crippen LogP contribution in [0.4, 0.5) is 5.69 Å². The van der Waals surface area contributed by atoms with E-state index in [9.17, 15) is 9.59 Å². The minimum absolute atomic E-state index is 0.0577. The SMILES string of the molecule is Cc1cc2nc(COc3ccc(Cl)cc3NC(=O)C(C)C)cc(=O)n2o1. The summed E-state index contributed by atoms with van der Waals surface area (Å²) in [6, 6.07) is 7.94. The van der Waals surface area contributed by atoms with E-state index in [0.29, 0.717) is 33.6 Å². The number of carbonyl (C=O) groups is 1. The molecule has 3 aromatic rings. The Bertz CT molecular complexity index is 1020. The summed E-state index contributed by atoms with van der Waals surface area (Å²) in [6.45, 7) is 5.38. The standard InChI is InChI=1S/C18H18ClN3O4/c1-10(2)18(24)21-14-7-12(19)4-5-15(14)25-9-13-8-17(23)22-16(20-13)6-11(3)26-22/h4-8,10H,9H2,1-3H3,(H,21,24). The minimum atomic E-state index is -0.328. The van der Waals surface area contributed by atoms with Crippen molar-refractivity contribution in [3.8, 4) is 5.75 Å². The number of benzene rings is 1. The molecule has 0 aliphatic rings. The highest BCUT2D eigenvalue weighted by Gasteiger charge is 2.13. The molecular weight excluding hydrogens is 358 g/mol. The van der Waals surface area contributed by atoms with Crippen molar-refractivity contribution in [1.82, 2.24) is 9.56 Å². The van der Waals surface area contributed by atoms with Gasteiger partial charge >= 0.3 is 0 Å². The molecule has 2 heterocycles. The third-order valence-electron chi connectivity index (χ3n) is 3.62. The number of nitrogens with one attached hydrogen (secondary N) is 1. The first-order valence-electron chi connectivity index (χ1n) is 8.06. The zero-order valence-corrected chi connectivity index (χ0v) is 15.3. The van der Waals surface area contributed by atoms with Gasteiger partial charge in [0.05, 0.1) is 11.4 Å². The normalized spacial score (nSPS) is 11.1. The van der Waals surface area contributed by atoms with Gasteiger partial charge in [0.1, 0.15) is 18.1 Å². The maximum atomic E-state index is 12.1. The van der Waals surface area contributed by atoms with E-state index in [1.54, 1.807) is 45.0 Å². The van der Waals surface area contributed by atoms with E-state index in [1.165, 1.54) is 6.07 Å². The number of aromatic nitrogens is 2. The summed E-state index contributed by atoms with van der Waals surface area (Å²) in [6.07, 6.45) is 0. The van der Waals surface area contributed by atoms with Crippen molar-refractivity contribution in [2.45, 2.75) is 27.4 Å². The molecule has 0 bridgehead atoms. The molecule has 3 rings (SSSR count). The van der Waals surface area contributed by atoms with Crippen LogP contribution in [0.2, 0.25) is 5.02 Å². The lowest BCUT2D eigenvalue weighted by Crippen LogP contribution is -2.18. The van der Waals surface area contributed by atoms with Crippen LogP contribution in [0.25, 0.3) is 5.65 Å². The molecule has 0 unspecified atom stereocenters. The highest BCUT2D eigenvalue weighted by molar-refractivity contribution is 6.31. The van der Waals surface area contributed by atoms with Crippen molar-refractivity contribution < 1.29 is 14.1 Å². The van der Waals surface area contributed by atoms with Gasteiger partial charge in [-0.25, -0.2) is 4.98 Å². The first-order valence-corrected chi connectivity index (χ1v) is 8.44. The van der Waals surface area contributed by atoms with Crippen LogP contribution in [0.15, 0.2) is 39.6 Å². The molecule has 0 atom stereocenters. The Kier molecular flexibility index (Phi) is 4.99. The van der Waals surface area contributed by atoms with Crippen molar-refractivity contribution in [3.05, 3.63) is 57.2 Å². The van der Waals surface area contributed by atoms with Crippen molar-refractivity contribution in [2.24, 2.45) is 5.92 Å². The number of ether oxygens (including phenoxy) is 1. The van der Waals surface area contributed by atoms with Gasteiger partial charge in [-0.1, -0.05) is 25.4 Å². The van der Waals surface area contributed by atoms with Crippen LogP contribution in [0.5, 0.6) is 5.75 Å². The maximum Gasteiger partial charge on any atom is 0.287 e. The number of hydrogen-bond donors (Lipinski definition) is 1. The number of fused-ring (bicyclic) bond motifs is 1. The third kappa shape index (κ3) is 3.88. The number of nitrogens with zero attached hydrogens (tertiary/aromatic N) is 2. The van der Waals surface area contributed by atoms with Crippen molar-refractivity contribution in [2.75, 3.05) is 5.32 Å². The zero-order chi connectivity index (χ0) is 18.8. The first-order chi connectivity index (χ1) is 12.3. The smallest absolute Gasteiger partial charge is 0.287 e. The lowest BCUT2D eigenvalue weighted by atomic mass is 10.2. The second-order valence-corrected chi connectivity index (χ2v) is 6.59. The van der Waals surface area contributed by atoms with Gasteiger partial charge in [0.2, 0.25) is 5.91 Å². The van der Waals surface area contributed by atoms with Crippen molar-refractivity contribution in [1.29, 1.82) is 0 Å². The second kappa shape index (κ2) is 7.21. The van der Waals surface area contributed by atoms with Gasteiger partial charge < -0.3 is 14.6 Å². The summed E-state index contributed by atoms with van der Waals surface area (Å²) in [5.74, 6) is 0.692. The first kappa shape index (κ1) is 18.0. The van der Waals surface area contributed by atoms with Gasteiger partial charge in [-0.05, 0) is 25.1 Å². The lowest BCUT2D eigenvalue weighted by Gasteiger charge is -2.14. The van der Waals surface area contributed by atoms with E-state index in [4.69, 9.17) is 20.9 Å². The summed E-state index contributed by atoms with van der Waals surface area (Å²) < 4.78 is 12.1. The predicted octanol–water partition coefficient (Wildman–Crippen LogP) is 3.42. The molecule has 0 fully saturated rings. The van der Waals surface area contributed by atoms with Crippen LogP contribution in [0.1, 0.15) is 25.3 Å². The van der Waals surface area contributed by atoms with Crippen LogP contribution in [0.3, 0.4) is 0 Å². The average Bonchev–Trinajstić information content (AvgIpc) is 2.95. The monoisotopic (exact) mass is 375 g/mol. The summed E-state index contributed by atoms with van der Waals surface area (Å²) in [7, 11) is 0. The summed E-state index contributed by atoms with van der Waals surface area (Å²) >= 11 is 6.01. The molecule has 0 spiro atoms. The molecule has 0 saturated heterocycles. The van der Waals surface area contributed by atoms with E-state index in [0.717, 1.165) is 4.57 Å². The minimum Gasteiger partial charge on any atom is -0.485 e. The predicted molar refractivity (Wildman–Crippen MR) is 97.7 cm³/mol. The Hall–Kier alpha value is -2.80. The van der Waals surface area contributed by atoms with E-state index < -0.39 is 0 Å². The van der Waals surface area contributed by atoms with Crippen LogP contribution in [-0.2, 0) is 11.4 Å². The van der Waals surface area contributed by atoms with E-state index in [2.05, 4.69) is 10.3 Å². The number of aryl methyl sites for hydroxylation is 1. The molecule has 1 amide bonds. The number of anilines is 1. The van der Waals surface area contributed by atoms with Crippen molar-refractivity contribution in [3.63, 3.8) is 0 Å². The zero-order valence-electron chi connectivity index (χ0n) is 14.6. The number of rotatable bonds is 5. The molecule has 26 heavy (non-hydrogen) atoms. The number of amides is 1. The van der Waals surface area contributed by atoms with Crippen LogP contribution < -0.4 is 15.6 Å². The van der Waals surface area contributed by atoms with Crippen molar-refractivity contribution >= 4 is 28.8 Å². The summed E-state index contributed by atoms with van der Waals surface area (Å²) in [5, 5.41) is 3.26. The van der Waals surface area contributed by atoms with E-state index >= 15 is 0 Å². The van der Waals surface area contributed by atoms with Crippen LogP contribution in [-0.4, -0.2) is 15.5 Å². The summed E-state index contributed by atoms with van der Waals surface area (Å²) in [4.78, 5) is 28.4. The highest BCUT2D eigenvalue weighted by Crippen LogP contribution is 2.29. The fourth-order valence-electron chi connectivity index (χ4n) is 2.30. The number of halogens is 1. The quantitative estimate of drug-likeness (QED) is 0.738. The molecule has 0 radical (unpaired) electrons. The largest absolute Gasteiger partial charge is 0.485 e. The molecule has 136 valence electrons. The average molecular weight is 376 g/mol. The number of carbonyl (C=O) groups excluding carboxylic acids is 1. The Balaban J connectivity index is 1.83. The topological polar surface area (TPSA) is 85.8 Å². The molecule has 0 saturated carbocycles. The van der Waals surface area contributed by atoms with Crippen LogP contribution >= 0.6 is 11.6 Å². The molecular formula is C18H18ClN3O4. The highest BCUT2D eigenvalue weighted by atomic mass is 35.5. The third-order valence-corrected chi connectivity index (χ3v) is 3.86. The van der Waals surface area contributed by atoms with Gasteiger partial charge in [0.25, 0.3) is 5.56 Å². The van der Waals surface area contributed by atoms with Crippen LogP contribution in [0, 0.1) is 12.8 Å². The summed E-state index contributed by atoms with van der Waals surface area (Å²) in [5.41, 5.74) is 1.00. The van der Waals surface area contributed by atoms with E-state index in [-0.39, 0.29) is 24.0 Å². The molecule has 7 nitrogen and oxygen atoms in total. The van der Waals surface area contributed by atoms with Gasteiger partial charge in [-0.2, -0.15) is 0 Å². The Morgan fingerprint density at radius 3 is 2.85 bits per heavy atom. The Labute approximate surface area is 154 Å². The lowest BCUT2D eigenvalue weighted by molar-refractivity contribution is -0.118. The molecule has 0 aliphatic heterocycles. The second-order valence-electron chi connectivity index (χ2n) is 6.16. The molecule has 1 N–H and O–H groups in total. The molecule has 1 aromatic carbocycles. The Morgan fingerprint density at radius 2 is 2.12 bits per heavy atom. The van der Waals surface area contributed by atoms with Gasteiger partial charge in [-0.3, -0.25) is 9.59 Å². The van der Waals surface area contributed by atoms with Gasteiger partial charge in [0, 0.05) is 23.1 Å².